The van der Waals surface area contributed by atoms with Crippen molar-refractivity contribution in [1.29, 1.82) is 0 Å². The average molecular weight is 402 g/mol. The van der Waals surface area contributed by atoms with E-state index in [0.717, 1.165) is 42.7 Å². The maximum atomic E-state index is 12.5. The Bertz CT molecular complexity index is 764. The molecule has 0 radical (unpaired) electrons. The second kappa shape index (κ2) is 10.4. The van der Waals surface area contributed by atoms with Crippen LogP contribution in [0.4, 0.5) is 8.78 Å². The molecule has 3 nitrogen and oxygen atoms in total. The topological polar surface area (TPSA) is 35.5 Å². The van der Waals surface area contributed by atoms with Gasteiger partial charge in [-0.05, 0) is 67.0 Å². The first-order chi connectivity index (χ1) is 14.0. The highest BCUT2D eigenvalue weighted by atomic mass is 19.3. The van der Waals surface area contributed by atoms with Gasteiger partial charge in [0, 0.05) is 0 Å². The first-order valence-electron chi connectivity index (χ1n) is 10.4. The Morgan fingerprint density at radius 1 is 0.931 bits per heavy atom. The Morgan fingerprint density at radius 2 is 1.48 bits per heavy atom. The van der Waals surface area contributed by atoms with E-state index in [1.807, 2.05) is 12.1 Å². The highest BCUT2D eigenvalue weighted by molar-refractivity contribution is 5.75. The lowest BCUT2D eigenvalue weighted by molar-refractivity contribution is -0.140. The molecule has 156 valence electrons. The van der Waals surface area contributed by atoms with Crippen LogP contribution in [0.15, 0.2) is 48.5 Å². The van der Waals surface area contributed by atoms with Crippen molar-refractivity contribution in [3.63, 3.8) is 0 Å². The maximum Gasteiger partial charge on any atom is 0.387 e. The molecule has 3 rings (SSSR count). The van der Waals surface area contributed by atoms with Gasteiger partial charge in [0.15, 0.2) is 0 Å². The highest BCUT2D eigenvalue weighted by Crippen LogP contribution is 2.33. The van der Waals surface area contributed by atoms with Crippen molar-refractivity contribution < 1.29 is 23.0 Å². The molecule has 0 unspecified atom stereocenters. The van der Waals surface area contributed by atoms with Crippen LogP contribution in [0.1, 0.15) is 51.9 Å². The van der Waals surface area contributed by atoms with Crippen LogP contribution < -0.4 is 9.47 Å². The van der Waals surface area contributed by atoms with Crippen molar-refractivity contribution in [2.45, 2.75) is 58.5 Å². The molecule has 29 heavy (non-hydrogen) atoms. The predicted octanol–water partition coefficient (Wildman–Crippen LogP) is 6.86. The van der Waals surface area contributed by atoms with E-state index in [9.17, 15) is 13.6 Å². The maximum absolute atomic E-state index is 12.5. The Balaban J connectivity index is 1.52. The van der Waals surface area contributed by atoms with E-state index in [2.05, 4.69) is 11.7 Å². The summed E-state index contributed by atoms with van der Waals surface area (Å²) in [5, 5.41) is 0. The zero-order valence-corrected chi connectivity index (χ0v) is 16.8. The number of carbonyl (C=O) groups excluding carboxylic acids is 1. The number of rotatable bonds is 8. The Labute approximate surface area is 171 Å². The number of ether oxygens (including phenoxy) is 2. The lowest BCUT2D eigenvalue weighted by Gasteiger charge is -2.27. The summed E-state index contributed by atoms with van der Waals surface area (Å²) >= 11 is 0. The minimum Gasteiger partial charge on any atom is -0.435 e. The quantitative estimate of drug-likeness (QED) is 0.357. The van der Waals surface area contributed by atoms with E-state index >= 15 is 0 Å². The lowest BCUT2D eigenvalue weighted by atomic mass is 9.80. The minimum atomic E-state index is -2.83. The third-order valence-corrected chi connectivity index (χ3v) is 5.63. The summed E-state index contributed by atoms with van der Waals surface area (Å²) in [5.41, 5.74) is 1.78. The first kappa shape index (κ1) is 21.3. The fraction of sp³-hybridized carbons (Fsp3) is 0.458. The van der Waals surface area contributed by atoms with Gasteiger partial charge in [-0.25, -0.2) is 0 Å². The van der Waals surface area contributed by atoms with E-state index in [-0.39, 0.29) is 17.6 Å². The van der Waals surface area contributed by atoms with Crippen LogP contribution in [0.3, 0.4) is 0 Å². The zero-order valence-electron chi connectivity index (χ0n) is 16.8. The summed E-state index contributed by atoms with van der Waals surface area (Å²) in [6.07, 6.45) is 7.83. The third-order valence-electron chi connectivity index (χ3n) is 5.63. The molecule has 0 heterocycles. The van der Waals surface area contributed by atoms with Gasteiger partial charge in [0.1, 0.15) is 11.5 Å². The van der Waals surface area contributed by atoms with Crippen LogP contribution >= 0.6 is 0 Å². The van der Waals surface area contributed by atoms with E-state index in [0.29, 0.717) is 5.75 Å². The molecule has 0 spiro atoms. The van der Waals surface area contributed by atoms with Crippen LogP contribution in [0, 0.1) is 11.8 Å². The van der Waals surface area contributed by atoms with Crippen molar-refractivity contribution in [2.24, 2.45) is 11.8 Å². The van der Waals surface area contributed by atoms with Gasteiger partial charge in [-0.3, -0.25) is 4.79 Å². The van der Waals surface area contributed by atoms with Crippen molar-refractivity contribution in [3.8, 4) is 22.6 Å². The monoisotopic (exact) mass is 402 g/mol. The number of halogens is 2. The van der Waals surface area contributed by atoms with Gasteiger partial charge >= 0.3 is 12.6 Å². The summed E-state index contributed by atoms with van der Waals surface area (Å²) in [6, 6.07) is 13.7. The van der Waals surface area contributed by atoms with Gasteiger partial charge in [-0.2, -0.15) is 8.78 Å². The van der Waals surface area contributed by atoms with E-state index in [1.165, 1.54) is 31.4 Å². The van der Waals surface area contributed by atoms with Gasteiger partial charge in [0.25, 0.3) is 0 Å². The summed E-state index contributed by atoms with van der Waals surface area (Å²) in [4.78, 5) is 12.5. The van der Waals surface area contributed by atoms with E-state index in [1.54, 1.807) is 24.3 Å². The molecule has 0 aliphatic heterocycles. The van der Waals surface area contributed by atoms with Gasteiger partial charge in [-0.1, -0.05) is 50.5 Å². The van der Waals surface area contributed by atoms with Crippen LogP contribution in [0.25, 0.3) is 11.1 Å². The number of carbonyl (C=O) groups is 1. The summed E-state index contributed by atoms with van der Waals surface area (Å²) < 4.78 is 34.4. The normalized spacial score (nSPS) is 19.2. The third kappa shape index (κ3) is 6.28. The van der Waals surface area contributed by atoms with Crippen LogP contribution in [0.5, 0.6) is 11.5 Å². The van der Waals surface area contributed by atoms with Crippen LogP contribution in [-0.2, 0) is 4.79 Å². The van der Waals surface area contributed by atoms with E-state index < -0.39 is 6.61 Å². The summed E-state index contributed by atoms with van der Waals surface area (Å²) in [5.74, 6) is 1.27. The summed E-state index contributed by atoms with van der Waals surface area (Å²) in [7, 11) is 0. The van der Waals surface area contributed by atoms with Crippen LogP contribution in [0.2, 0.25) is 0 Å². The van der Waals surface area contributed by atoms with Crippen molar-refractivity contribution in [3.05, 3.63) is 48.5 Å². The Kier molecular flexibility index (Phi) is 7.62. The van der Waals surface area contributed by atoms with Gasteiger partial charge < -0.3 is 9.47 Å². The molecule has 0 bridgehead atoms. The minimum absolute atomic E-state index is 0.00469. The molecule has 1 aliphatic rings. The van der Waals surface area contributed by atoms with E-state index in [4.69, 9.17) is 4.74 Å². The number of benzene rings is 2. The molecule has 0 amide bonds. The average Bonchev–Trinajstić information content (AvgIpc) is 2.73. The molecule has 1 fully saturated rings. The molecule has 0 saturated heterocycles. The molecule has 2 aromatic carbocycles. The molecule has 1 aliphatic carbocycles. The second-order valence-electron chi connectivity index (χ2n) is 7.71. The van der Waals surface area contributed by atoms with Crippen molar-refractivity contribution in [2.75, 3.05) is 0 Å². The van der Waals surface area contributed by atoms with Crippen LogP contribution in [-0.4, -0.2) is 12.6 Å². The number of esters is 1. The predicted molar refractivity (Wildman–Crippen MR) is 109 cm³/mol. The smallest absolute Gasteiger partial charge is 0.387 e. The first-order valence-corrected chi connectivity index (χ1v) is 10.4. The molecule has 0 N–H and O–H groups in total. The molecule has 5 heteroatoms. The van der Waals surface area contributed by atoms with Gasteiger partial charge in [-0.15, -0.1) is 0 Å². The molecule has 0 aromatic heterocycles. The summed E-state index contributed by atoms with van der Waals surface area (Å²) in [6.45, 7) is -0.619. The molecule has 1 saturated carbocycles. The van der Waals surface area contributed by atoms with Crippen molar-refractivity contribution in [1.82, 2.24) is 0 Å². The number of alkyl halides is 2. The molecular formula is C24H28F2O3. The highest BCUT2D eigenvalue weighted by Gasteiger charge is 2.27. The molecule has 2 aromatic rings. The second-order valence-corrected chi connectivity index (χ2v) is 7.71. The van der Waals surface area contributed by atoms with Gasteiger partial charge in [0.2, 0.25) is 0 Å². The standard InChI is InChI=1S/C24H28F2O3/c1-2-3-4-17-5-7-20(8-6-17)23(27)28-21-13-9-18(10-14-21)19-11-15-22(16-12-19)29-24(25)26/h9-17,20,24H,2-8H2,1H3. The Morgan fingerprint density at radius 3 is 2.00 bits per heavy atom. The number of hydrogen-bond donors (Lipinski definition) is 0. The molecular weight excluding hydrogens is 374 g/mol. The lowest BCUT2D eigenvalue weighted by Crippen LogP contribution is -2.25. The number of unbranched alkanes of at least 4 members (excludes halogenated alkanes) is 1. The van der Waals surface area contributed by atoms with Crippen molar-refractivity contribution >= 4 is 5.97 Å². The Hall–Kier alpha value is -2.43. The molecule has 0 atom stereocenters. The zero-order chi connectivity index (χ0) is 20.6. The fourth-order valence-corrected chi connectivity index (χ4v) is 3.92. The van der Waals surface area contributed by atoms with Gasteiger partial charge in [0.05, 0.1) is 5.92 Å². The SMILES string of the molecule is CCCCC1CCC(C(=O)Oc2ccc(-c3ccc(OC(F)F)cc3)cc2)CC1. The largest absolute Gasteiger partial charge is 0.435 e. The number of hydrogen-bond acceptors (Lipinski definition) is 3. The fourth-order valence-electron chi connectivity index (χ4n) is 3.92.